The first-order valence-electron chi connectivity index (χ1n) is 10.3. The monoisotopic (exact) mass is 407 g/mol. The van der Waals surface area contributed by atoms with Crippen molar-refractivity contribution in [1.29, 1.82) is 0 Å². The second kappa shape index (κ2) is 7.59. The summed E-state index contributed by atoms with van der Waals surface area (Å²) in [6, 6.07) is 11.4. The summed E-state index contributed by atoms with van der Waals surface area (Å²) in [5.74, 6) is 0.450. The van der Waals surface area contributed by atoms with Crippen LogP contribution in [0.3, 0.4) is 0 Å². The van der Waals surface area contributed by atoms with Crippen LogP contribution in [0.5, 0.6) is 5.75 Å². The van der Waals surface area contributed by atoms with E-state index >= 15 is 0 Å². The number of amides is 1. The summed E-state index contributed by atoms with van der Waals surface area (Å²) in [6.45, 7) is 2.95. The van der Waals surface area contributed by atoms with Gasteiger partial charge in [-0.1, -0.05) is 6.07 Å². The molecule has 150 valence electrons. The molecule has 0 bridgehead atoms. The van der Waals surface area contributed by atoms with Crippen LogP contribution in [-0.2, 0) is 12.8 Å². The third-order valence-corrected chi connectivity index (χ3v) is 7.27. The molecule has 2 aliphatic rings. The lowest BCUT2D eigenvalue weighted by Gasteiger charge is -2.36. The Balaban J connectivity index is 1.39. The number of aromatic nitrogens is 1. The summed E-state index contributed by atoms with van der Waals surface area (Å²) in [7, 11) is 0. The number of thiophene rings is 1. The van der Waals surface area contributed by atoms with E-state index in [-0.39, 0.29) is 11.7 Å². The van der Waals surface area contributed by atoms with E-state index in [1.165, 1.54) is 23.3 Å². The Kier molecular flexibility index (Phi) is 4.79. The molecule has 0 unspecified atom stereocenters. The van der Waals surface area contributed by atoms with E-state index in [4.69, 9.17) is 0 Å². The summed E-state index contributed by atoms with van der Waals surface area (Å²) in [4.78, 5) is 19.2. The van der Waals surface area contributed by atoms with E-state index in [1.807, 2.05) is 41.6 Å². The molecule has 1 aromatic carbocycles. The highest BCUT2D eigenvalue weighted by molar-refractivity contribution is 7.15. The van der Waals surface area contributed by atoms with Crippen LogP contribution in [-0.4, -0.2) is 46.7 Å². The van der Waals surface area contributed by atoms with Crippen LogP contribution in [0, 0.1) is 0 Å². The van der Waals surface area contributed by atoms with Crippen molar-refractivity contribution in [3.63, 3.8) is 0 Å². The summed E-state index contributed by atoms with van der Waals surface area (Å²) < 4.78 is 2.10. The Morgan fingerprint density at radius 2 is 1.72 bits per heavy atom. The van der Waals surface area contributed by atoms with Crippen LogP contribution in [0.25, 0.3) is 5.00 Å². The molecule has 1 aliphatic heterocycles. The minimum absolute atomic E-state index is 0.170. The van der Waals surface area contributed by atoms with E-state index < -0.39 is 0 Å². The Hall–Kier alpha value is -2.73. The molecule has 0 atom stereocenters. The number of phenols is 1. The molecule has 3 heterocycles. The molecule has 2 aromatic heterocycles. The number of hydrogen-bond acceptors (Lipinski definition) is 4. The highest BCUT2D eigenvalue weighted by Crippen LogP contribution is 2.37. The zero-order chi connectivity index (χ0) is 19.8. The number of rotatable bonds is 3. The number of anilines is 1. The lowest BCUT2D eigenvalue weighted by molar-refractivity contribution is 0.0746. The first-order valence-corrected chi connectivity index (χ1v) is 11.1. The molecule has 3 aromatic rings. The van der Waals surface area contributed by atoms with Gasteiger partial charge in [0.2, 0.25) is 0 Å². The van der Waals surface area contributed by atoms with Crippen LogP contribution in [0.1, 0.15) is 33.6 Å². The normalized spacial score (nSPS) is 16.7. The van der Waals surface area contributed by atoms with Crippen LogP contribution in [0.15, 0.2) is 48.8 Å². The van der Waals surface area contributed by atoms with E-state index in [1.54, 1.807) is 23.5 Å². The average molecular weight is 408 g/mol. The molecule has 1 aliphatic carbocycles. The van der Waals surface area contributed by atoms with Crippen molar-refractivity contribution in [3.05, 3.63) is 64.8 Å². The average Bonchev–Trinajstić information content (AvgIpc) is 3.41. The van der Waals surface area contributed by atoms with Gasteiger partial charge in [0.25, 0.3) is 5.91 Å². The molecule has 1 N–H and O–H groups in total. The summed E-state index contributed by atoms with van der Waals surface area (Å²) in [6.07, 6.45) is 8.56. The summed E-state index contributed by atoms with van der Waals surface area (Å²) >= 11 is 1.79. The first-order chi connectivity index (χ1) is 14.2. The van der Waals surface area contributed by atoms with Gasteiger partial charge in [-0.3, -0.25) is 4.79 Å². The Morgan fingerprint density at radius 3 is 2.48 bits per heavy atom. The van der Waals surface area contributed by atoms with E-state index in [0.29, 0.717) is 13.1 Å². The fourth-order valence-corrected chi connectivity index (χ4v) is 5.79. The number of aryl methyl sites for hydroxylation is 1. The lowest BCUT2D eigenvalue weighted by Crippen LogP contribution is -2.49. The number of carbonyl (C=O) groups excluding carboxylic acids is 1. The maximum atomic E-state index is 13.6. The van der Waals surface area contributed by atoms with Gasteiger partial charge in [0.1, 0.15) is 10.8 Å². The number of hydrogen-bond donors (Lipinski definition) is 1. The second-order valence-electron chi connectivity index (χ2n) is 7.78. The fraction of sp³-hybridized carbons (Fsp3) is 0.348. The third kappa shape index (κ3) is 3.42. The van der Waals surface area contributed by atoms with Crippen molar-refractivity contribution >= 4 is 22.9 Å². The topological polar surface area (TPSA) is 48.7 Å². The van der Waals surface area contributed by atoms with Crippen molar-refractivity contribution in [2.24, 2.45) is 0 Å². The van der Waals surface area contributed by atoms with Gasteiger partial charge < -0.3 is 19.5 Å². The first kappa shape index (κ1) is 18.3. The van der Waals surface area contributed by atoms with Gasteiger partial charge in [-0.2, -0.15) is 0 Å². The van der Waals surface area contributed by atoms with E-state index in [0.717, 1.165) is 42.2 Å². The second-order valence-corrected chi connectivity index (χ2v) is 8.86. The van der Waals surface area contributed by atoms with Gasteiger partial charge in [-0.25, -0.2) is 0 Å². The highest BCUT2D eigenvalue weighted by Gasteiger charge is 2.30. The molecule has 1 saturated heterocycles. The van der Waals surface area contributed by atoms with Crippen LogP contribution >= 0.6 is 11.3 Å². The Morgan fingerprint density at radius 1 is 0.966 bits per heavy atom. The zero-order valence-corrected chi connectivity index (χ0v) is 17.2. The fourth-order valence-electron chi connectivity index (χ4n) is 4.44. The molecule has 1 amide bonds. The number of piperazine rings is 1. The molecule has 5 rings (SSSR count). The van der Waals surface area contributed by atoms with Gasteiger partial charge in [-0.05, 0) is 55.5 Å². The molecule has 0 radical (unpaired) electrons. The molecule has 0 spiro atoms. The maximum absolute atomic E-state index is 13.6. The Bertz CT molecular complexity index is 1020. The number of nitrogens with zero attached hydrogens (tertiary/aromatic N) is 3. The predicted octanol–water partition coefficient (Wildman–Crippen LogP) is 4.09. The summed E-state index contributed by atoms with van der Waals surface area (Å²) in [5, 5.41) is 10.8. The van der Waals surface area contributed by atoms with Crippen molar-refractivity contribution in [2.75, 3.05) is 31.1 Å². The standard InChI is InChI=1S/C23H25N3O2S/c27-18-7-5-6-17(16-18)24-12-14-25(15-13-24)22(28)21-19-8-1-2-9-20(19)29-23(21)26-10-3-4-11-26/h3-7,10-11,16,27H,1-2,8-9,12-15H2. The molecule has 6 heteroatoms. The van der Waals surface area contributed by atoms with Gasteiger partial charge in [-0.15, -0.1) is 11.3 Å². The van der Waals surface area contributed by atoms with Crippen LogP contribution < -0.4 is 4.90 Å². The maximum Gasteiger partial charge on any atom is 0.257 e. The molecule has 5 nitrogen and oxygen atoms in total. The van der Waals surface area contributed by atoms with Gasteiger partial charge in [0.05, 0.1) is 5.56 Å². The van der Waals surface area contributed by atoms with Crippen molar-refractivity contribution in [1.82, 2.24) is 9.47 Å². The van der Waals surface area contributed by atoms with E-state index in [9.17, 15) is 9.90 Å². The molecule has 1 fully saturated rings. The van der Waals surface area contributed by atoms with Crippen molar-refractivity contribution in [2.45, 2.75) is 25.7 Å². The molecular weight excluding hydrogens is 382 g/mol. The largest absolute Gasteiger partial charge is 0.508 e. The van der Waals surface area contributed by atoms with Crippen molar-refractivity contribution in [3.8, 4) is 10.8 Å². The molecule has 29 heavy (non-hydrogen) atoms. The zero-order valence-electron chi connectivity index (χ0n) is 16.4. The third-order valence-electron chi connectivity index (χ3n) is 5.97. The molecular formula is C23H25N3O2S. The summed E-state index contributed by atoms with van der Waals surface area (Å²) in [5.41, 5.74) is 3.22. The highest BCUT2D eigenvalue weighted by atomic mass is 32.1. The van der Waals surface area contributed by atoms with Gasteiger partial charge >= 0.3 is 0 Å². The minimum atomic E-state index is 0.170. The minimum Gasteiger partial charge on any atom is -0.508 e. The number of phenolic OH excluding ortho intramolecular Hbond substituents is 1. The molecule has 0 saturated carbocycles. The number of carbonyl (C=O) groups is 1. The number of benzene rings is 1. The quantitative estimate of drug-likeness (QED) is 0.712. The van der Waals surface area contributed by atoms with E-state index in [2.05, 4.69) is 9.47 Å². The predicted molar refractivity (Wildman–Crippen MR) is 117 cm³/mol. The van der Waals surface area contributed by atoms with Gasteiger partial charge in [0, 0.05) is 55.2 Å². The number of aromatic hydroxyl groups is 1. The SMILES string of the molecule is O=C(c1c(-n2cccc2)sc2c1CCCC2)N1CCN(c2cccc(O)c2)CC1. The number of fused-ring (bicyclic) bond motifs is 1. The smallest absolute Gasteiger partial charge is 0.257 e. The lowest BCUT2D eigenvalue weighted by atomic mass is 9.95. The van der Waals surface area contributed by atoms with Gasteiger partial charge in [0.15, 0.2) is 0 Å². The Labute approximate surface area is 174 Å². The van der Waals surface area contributed by atoms with Crippen LogP contribution in [0.2, 0.25) is 0 Å². The van der Waals surface area contributed by atoms with Crippen LogP contribution in [0.4, 0.5) is 5.69 Å². The van der Waals surface area contributed by atoms with Crippen molar-refractivity contribution < 1.29 is 9.90 Å².